The summed E-state index contributed by atoms with van der Waals surface area (Å²) < 4.78 is 7.01. The zero-order valence-electron chi connectivity index (χ0n) is 12.5. The lowest BCUT2D eigenvalue weighted by Crippen LogP contribution is -2.25. The summed E-state index contributed by atoms with van der Waals surface area (Å²) >= 11 is 0. The van der Waals surface area contributed by atoms with Gasteiger partial charge in [0.05, 0.1) is 23.1 Å². The topological polar surface area (TPSA) is 56.1 Å². The van der Waals surface area contributed by atoms with Crippen molar-refractivity contribution < 1.29 is 9.53 Å². The average molecular weight is 287 g/mol. The van der Waals surface area contributed by atoms with Crippen LogP contribution in [0.2, 0.25) is 0 Å². The number of nitrogens with zero attached hydrogens (tertiary/aromatic N) is 2. The fourth-order valence-electron chi connectivity index (χ4n) is 2.08. The fraction of sp³-hybridized carbons (Fsp3) is 0.375. The van der Waals surface area contributed by atoms with E-state index in [4.69, 9.17) is 4.74 Å². The zero-order chi connectivity index (χ0) is 15.1. The number of amides is 1. The lowest BCUT2D eigenvalue weighted by Gasteiger charge is -2.06. The average Bonchev–Trinajstić information content (AvgIpc) is 2.89. The van der Waals surface area contributed by atoms with E-state index in [-0.39, 0.29) is 5.91 Å². The summed E-state index contributed by atoms with van der Waals surface area (Å²) in [5, 5.41) is 7.19. The van der Waals surface area contributed by atoms with Crippen molar-refractivity contribution in [1.82, 2.24) is 15.1 Å². The van der Waals surface area contributed by atoms with E-state index >= 15 is 0 Å². The van der Waals surface area contributed by atoms with E-state index in [2.05, 4.69) is 10.4 Å². The Balaban J connectivity index is 1.98. The maximum atomic E-state index is 12.1. The summed E-state index contributed by atoms with van der Waals surface area (Å²) in [6.07, 6.45) is 2.42. The maximum Gasteiger partial charge on any atom is 0.254 e. The van der Waals surface area contributed by atoms with Crippen LogP contribution >= 0.6 is 0 Å². The van der Waals surface area contributed by atoms with Crippen LogP contribution in [-0.2, 0) is 4.74 Å². The number of hydrogen-bond acceptors (Lipinski definition) is 3. The number of ether oxygens (including phenoxy) is 1. The molecule has 1 aromatic heterocycles. The number of nitrogens with one attached hydrogen (secondary N) is 1. The standard InChI is InChI=1S/C16H21N3O2/c1-3-21-11-7-10-17-16(20)15-12-18-19(13(15)2)14-8-5-4-6-9-14/h4-6,8-9,12H,3,7,10-11H2,1-2H3,(H,17,20). The van der Waals surface area contributed by atoms with Crippen LogP contribution in [0.5, 0.6) is 0 Å². The second-order valence-electron chi connectivity index (χ2n) is 4.70. The minimum Gasteiger partial charge on any atom is -0.382 e. The van der Waals surface area contributed by atoms with E-state index in [1.165, 1.54) is 0 Å². The molecule has 0 aliphatic carbocycles. The van der Waals surface area contributed by atoms with Crippen molar-refractivity contribution in [3.63, 3.8) is 0 Å². The van der Waals surface area contributed by atoms with Crippen LogP contribution in [0.15, 0.2) is 36.5 Å². The molecule has 0 saturated heterocycles. The highest BCUT2D eigenvalue weighted by atomic mass is 16.5. The molecule has 2 rings (SSSR count). The van der Waals surface area contributed by atoms with Crippen molar-refractivity contribution in [3.05, 3.63) is 47.8 Å². The second-order valence-corrected chi connectivity index (χ2v) is 4.70. The van der Waals surface area contributed by atoms with Crippen molar-refractivity contribution in [2.75, 3.05) is 19.8 Å². The van der Waals surface area contributed by atoms with Gasteiger partial charge in [0.25, 0.3) is 5.91 Å². The molecular weight excluding hydrogens is 266 g/mol. The summed E-state index contributed by atoms with van der Waals surface area (Å²) in [5.41, 5.74) is 2.39. The Labute approximate surface area is 124 Å². The molecule has 1 amide bonds. The molecule has 0 bridgehead atoms. The van der Waals surface area contributed by atoms with Gasteiger partial charge in [0.2, 0.25) is 0 Å². The van der Waals surface area contributed by atoms with Crippen molar-refractivity contribution in [1.29, 1.82) is 0 Å². The zero-order valence-corrected chi connectivity index (χ0v) is 12.5. The largest absolute Gasteiger partial charge is 0.382 e. The van der Waals surface area contributed by atoms with Gasteiger partial charge in [0.15, 0.2) is 0 Å². The third-order valence-corrected chi connectivity index (χ3v) is 3.21. The Hall–Kier alpha value is -2.14. The molecule has 5 heteroatoms. The molecule has 1 heterocycles. The number of carbonyl (C=O) groups excluding carboxylic acids is 1. The highest BCUT2D eigenvalue weighted by Crippen LogP contribution is 2.13. The second kappa shape index (κ2) is 7.59. The minimum absolute atomic E-state index is 0.0915. The van der Waals surface area contributed by atoms with E-state index in [0.717, 1.165) is 17.8 Å². The first-order valence-corrected chi connectivity index (χ1v) is 7.20. The number of para-hydroxylation sites is 1. The molecule has 1 aromatic carbocycles. The van der Waals surface area contributed by atoms with Gasteiger partial charge in [-0.1, -0.05) is 18.2 Å². The predicted octanol–water partition coefficient (Wildman–Crippen LogP) is 2.34. The van der Waals surface area contributed by atoms with Crippen molar-refractivity contribution in [2.24, 2.45) is 0 Å². The Morgan fingerprint density at radius 3 is 2.81 bits per heavy atom. The Kier molecular flexibility index (Phi) is 5.51. The van der Waals surface area contributed by atoms with Crippen LogP contribution < -0.4 is 5.32 Å². The van der Waals surface area contributed by atoms with E-state index < -0.39 is 0 Å². The SMILES string of the molecule is CCOCCCNC(=O)c1cnn(-c2ccccc2)c1C. The van der Waals surface area contributed by atoms with Gasteiger partial charge in [-0.05, 0) is 32.4 Å². The molecule has 0 radical (unpaired) electrons. The minimum atomic E-state index is -0.0915. The molecule has 5 nitrogen and oxygen atoms in total. The number of benzene rings is 1. The molecule has 0 unspecified atom stereocenters. The maximum absolute atomic E-state index is 12.1. The monoisotopic (exact) mass is 287 g/mol. The molecule has 21 heavy (non-hydrogen) atoms. The third-order valence-electron chi connectivity index (χ3n) is 3.21. The van der Waals surface area contributed by atoms with Crippen LogP contribution in [0.3, 0.4) is 0 Å². The van der Waals surface area contributed by atoms with Crippen molar-refractivity contribution >= 4 is 5.91 Å². The van der Waals surface area contributed by atoms with Crippen molar-refractivity contribution in [2.45, 2.75) is 20.3 Å². The van der Waals surface area contributed by atoms with Gasteiger partial charge in [0.1, 0.15) is 0 Å². The highest BCUT2D eigenvalue weighted by Gasteiger charge is 2.14. The Morgan fingerprint density at radius 2 is 2.10 bits per heavy atom. The number of aromatic nitrogens is 2. The molecule has 0 aliphatic rings. The van der Waals surface area contributed by atoms with Crippen LogP contribution in [0.25, 0.3) is 5.69 Å². The first-order valence-electron chi connectivity index (χ1n) is 7.20. The van der Waals surface area contributed by atoms with E-state index in [1.807, 2.05) is 44.2 Å². The normalized spacial score (nSPS) is 10.6. The Bertz CT molecular complexity index is 578. The van der Waals surface area contributed by atoms with E-state index in [1.54, 1.807) is 10.9 Å². The van der Waals surface area contributed by atoms with Gasteiger partial charge < -0.3 is 10.1 Å². The molecule has 0 saturated carbocycles. The number of hydrogen-bond donors (Lipinski definition) is 1. The van der Waals surface area contributed by atoms with E-state index in [9.17, 15) is 4.79 Å². The molecule has 0 fully saturated rings. The smallest absolute Gasteiger partial charge is 0.254 e. The van der Waals surface area contributed by atoms with Gasteiger partial charge in [-0.2, -0.15) is 5.10 Å². The van der Waals surface area contributed by atoms with Gasteiger partial charge in [0, 0.05) is 19.8 Å². The number of rotatable bonds is 7. The molecule has 0 atom stereocenters. The molecule has 2 aromatic rings. The van der Waals surface area contributed by atoms with Crippen LogP contribution in [0.4, 0.5) is 0 Å². The third kappa shape index (κ3) is 3.92. The van der Waals surface area contributed by atoms with Crippen LogP contribution in [-0.4, -0.2) is 35.4 Å². The number of carbonyl (C=O) groups is 1. The summed E-state index contributed by atoms with van der Waals surface area (Å²) in [6, 6.07) is 9.77. The summed E-state index contributed by atoms with van der Waals surface area (Å²) in [4.78, 5) is 12.1. The predicted molar refractivity (Wildman–Crippen MR) is 81.7 cm³/mol. The summed E-state index contributed by atoms with van der Waals surface area (Å²) in [6.45, 7) is 5.83. The lowest BCUT2D eigenvalue weighted by atomic mass is 10.2. The first kappa shape index (κ1) is 15.3. The van der Waals surface area contributed by atoms with Crippen molar-refractivity contribution in [3.8, 4) is 5.69 Å². The molecule has 0 spiro atoms. The van der Waals surface area contributed by atoms with Gasteiger partial charge in [-0.3, -0.25) is 4.79 Å². The highest BCUT2D eigenvalue weighted by molar-refractivity contribution is 5.95. The summed E-state index contributed by atoms with van der Waals surface area (Å²) in [7, 11) is 0. The van der Waals surface area contributed by atoms with Gasteiger partial charge in [-0.25, -0.2) is 4.68 Å². The van der Waals surface area contributed by atoms with Gasteiger partial charge in [-0.15, -0.1) is 0 Å². The molecule has 0 aliphatic heterocycles. The molecule has 112 valence electrons. The van der Waals surface area contributed by atoms with Gasteiger partial charge >= 0.3 is 0 Å². The van der Waals surface area contributed by atoms with E-state index in [0.29, 0.717) is 25.3 Å². The Morgan fingerprint density at radius 1 is 1.33 bits per heavy atom. The lowest BCUT2D eigenvalue weighted by molar-refractivity contribution is 0.0943. The fourth-order valence-corrected chi connectivity index (χ4v) is 2.08. The molecular formula is C16H21N3O2. The summed E-state index contributed by atoms with van der Waals surface area (Å²) in [5.74, 6) is -0.0915. The molecule has 1 N–H and O–H groups in total. The van der Waals surface area contributed by atoms with Crippen LogP contribution in [0, 0.1) is 6.92 Å². The first-order chi connectivity index (χ1) is 10.2. The van der Waals surface area contributed by atoms with Crippen LogP contribution in [0.1, 0.15) is 29.4 Å². The quantitative estimate of drug-likeness (QED) is 0.795.